The molecular formula is C11H24. The van der Waals surface area contributed by atoms with Crippen molar-refractivity contribution in [2.45, 2.75) is 58.8 Å². The van der Waals surface area contributed by atoms with Gasteiger partial charge in [0.1, 0.15) is 0 Å². The minimum Gasteiger partial charge on any atom is -0.106 e. The standard InChI is InChI=1S/C6H12.C3H8.C2H4/c1-2-4-6-5-3-1;1-3-2;1-2/h1-6H2;3H2,1-2H3;1-2H2. The molecule has 0 saturated heterocycles. The zero-order chi connectivity index (χ0) is 8.95. The van der Waals surface area contributed by atoms with E-state index < -0.39 is 0 Å². The number of hydrogen-bond acceptors (Lipinski definition) is 0. The summed E-state index contributed by atoms with van der Waals surface area (Å²) in [6, 6.07) is 0. The SMILES string of the molecule is C1CCCCC1.C=C.CCC. The highest BCUT2D eigenvalue weighted by atomic mass is 14.0. The maximum atomic E-state index is 3.00. The second-order valence-corrected chi connectivity index (χ2v) is 2.83. The van der Waals surface area contributed by atoms with Crippen LogP contribution in [0.15, 0.2) is 13.2 Å². The first-order valence-electron chi connectivity index (χ1n) is 4.91. The van der Waals surface area contributed by atoms with Gasteiger partial charge in [0, 0.05) is 0 Å². The predicted molar refractivity (Wildman–Crippen MR) is 54.9 cm³/mol. The maximum absolute atomic E-state index is 3.00. The summed E-state index contributed by atoms with van der Waals surface area (Å²) in [5, 5.41) is 0. The minimum absolute atomic E-state index is 1.25. The van der Waals surface area contributed by atoms with Crippen LogP contribution in [0.4, 0.5) is 0 Å². The largest absolute Gasteiger partial charge is 0.106 e. The van der Waals surface area contributed by atoms with Gasteiger partial charge < -0.3 is 0 Å². The molecule has 1 aliphatic carbocycles. The Kier molecular flexibility index (Phi) is 19.9. The van der Waals surface area contributed by atoms with Crippen molar-refractivity contribution in [2.75, 3.05) is 0 Å². The second-order valence-electron chi connectivity index (χ2n) is 2.83. The van der Waals surface area contributed by atoms with Gasteiger partial charge in [-0.25, -0.2) is 0 Å². The molecule has 0 aromatic carbocycles. The van der Waals surface area contributed by atoms with Crippen LogP contribution in [0.25, 0.3) is 0 Å². The summed E-state index contributed by atoms with van der Waals surface area (Å²) in [5.74, 6) is 0. The van der Waals surface area contributed by atoms with Crippen molar-refractivity contribution in [1.82, 2.24) is 0 Å². The first kappa shape index (κ1) is 13.3. The number of hydrogen-bond donors (Lipinski definition) is 0. The van der Waals surface area contributed by atoms with E-state index in [0.717, 1.165) is 0 Å². The average molecular weight is 156 g/mol. The van der Waals surface area contributed by atoms with Crippen molar-refractivity contribution in [2.24, 2.45) is 0 Å². The molecule has 0 bridgehead atoms. The summed E-state index contributed by atoms with van der Waals surface area (Å²) in [7, 11) is 0. The fraction of sp³-hybridized carbons (Fsp3) is 0.818. The summed E-state index contributed by atoms with van der Waals surface area (Å²) >= 11 is 0. The minimum atomic E-state index is 1.25. The van der Waals surface area contributed by atoms with Crippen molar-refractivity contribution >= 4 is 0 Å². The quantitative estimate of drug-likeness (QED) is 0.451. The molecule has 1 saturated carbocycles. The van der Waals surface area contributed by atoms with Gasteiger partial charge in [0.25, 0.3) is 0 Å². The molecule has 0 N–H and O–H groups in total. The molecule has 0 nitrogen and oxygen atoms in total. The highest BCUT2D eigenvalue weighted by Gasteiger charge is 1.95. The first-order chi connectivity index (χ1) is 5.41. The average Bonchev–Trinajstić information content (AvgIpc) is 2.12. The third-order valence-electron chi connectivity index (χ3n) is 1.50. The lowest BCUT2D eigenvalue weighted by atomic mass is 10.0. The summed E-state index contributed by atoms with van der Waals surface area (Å²) in [6.45, 7) is 10.2. The lowest BCUT2D eigenvalue weighted by Crippen LogP contribution is -1.85. The third-order valence-corrected chi connectivity index (χ3v) is 1.50. The van der Waals surface area contributed by atoms with Gasteiger partial charge in [-0.1, -0.05) is 58.8 Å². The van der Waals surface area contributed by atoms with Crippen LogP contribution in [0, 0.1) is 0 Å². The fourth-order valence-corrected chi connectivity index (χ4v) is 1.06. The van der Waals surface area contributed by atoms with E-state index in [9.17, 15) is 0 Å². The van der Waals surface area contributed by atoms with Gasteiger partial charge in [-0.3, -0.25) is 0 Å². The van der Waals surface area contributed by atoms with Gasteiger partial charge in [0.2, 0.25) is 0 Å². The van der Waals surface area contributed by atoms with Crippen molar-refractivity contribution in [3.63, 3.8) is 0 Å². The topological polar surface area (TPSA) is 0 Å². The van der Waals surface area contributed by atoms with Crippen molar-refractivity contribution in [1.29, 1.82) is 0 Å². The van der Waals surface area contributed by atoms with E-state index >= 15 is 0 Å². The summed E-state index contributed by atoms with van der Waals surface area (Å²) in [4.78, 5) is 0. The Morgan fingerprint density at radius 3 is 0.909 bits per heavy atom. The monoisotopic (exact) mass is 156 g/mol. The molecule has 0 heteroatoms. The molecule has 0 radical (unpaired) electrons. The van der Waals surface area contributed by atoms with E-state index in [1.165, 1.54) is 44.9 Å². The zero-order valence-electron chi connectivity index (χ0n) is 8.36. The Hall–Kier alpha value is -0.260. The van der Waals surface area contributed by atoms with Gasteiger partial charge in [-0.15, -0.1) is 13.2 Å². The fourth-order valence-electron chi connectivity index (χ4n) is 1.06. The molecule has 0 aliphatic heterocycles. The summed E-state index contributed by atoms with van der Waals surface area (Å²) < 4.78 is 0. The maximum Gasteiger partial charge on any atom is -0.0533 e. The summed E-state index contributed by atoms with van der Waals surface area (Å²) in [6.07, 6.45) is 10.2. The van der Waals surface area contributed by atoms with Crippen molar-refractivity contribution < 1.29 is 0 Å². The van der Waals surface area contributed by atoms with Crippen molar-refractivity contribution in [3.8, 4) is 0 Å². The van der Waals surface area contributed by atoms with Crippen LogP contribution in [0.3, 0.4) is 0 Å². The Morgan fingerprint density at radius 2 is 0.818 bits per heavy atom. The van der Waals surface area contributed by atoms with E-state index in [0.29, 0.717) is 0 Å². The van der Waals surface area contributed by atoms with Gasteiger partial charge in [-0.05, 0) is 0 Å². The molecule has 0 atom stereocenters. The molecule has 0 spiro atoms. The van der Waals surface area contributed by atoms with Gasteiger partial charge in [0.05, 0.1) is 0 Å². The molecule has 1 rings (SSSR count). The molecule has 0 heterocycles. The van der Waals surface area contributed by atoms with Crippen LogP contribution in [-0.2, 0) is 0 Å². The van der Waals surface area contributed by atoms with E-state index in [-0.39, 0.29) is 0 Å². The van der Waals surface area contributed by atoms with E-state index in [4.69, 9.17) is 0 Å². The Balaban J connectivity index is 0. The van der Waals surface area contributed by atoms with Crippen LogP contribution in [0.1, 0.15) is 58.8 Å². The van der Waals surface area contributed by atoms with Crippen LogP contribution in [-0.4, -0.2) is 0 Å². The van der Waals surface area contributed by atoms with Crippen LogP contribution in [0.5, 0.6) is 0 Å². The lowest BCUT2D eigenvalue weighted by Gasteiger charge is -2.05. The smallest absolute Gasteiger partial charge is 0.0533 e. The highest BCUT2D eigenvalue weighted by Crippen LogP contribution is 2.15. The predicted octanol–water partition coefficient (Wildman–Crippen LogP) is 4.56. The van der Waals surface area contributed by atoms with Gasteiger partial charge in [0.15, 0.2) is 0 Å². The van der Waals surface area contributed by atoms with Crippen LogP contribution < -0.4 is 0 Å². The van der Waals surface area contributed by atoms with Gasteiger partial charge in [-0.2, -0.15) is 0 Å². The molecule has 0 unspecified atom stereocenters. The van der Waals surface area contributed by atoms with Gasteiger partial charge >= 0.3 is 0 Å². The van der Waals surface area contributed by atoms with Crippen LogP contribution in [0.2, 0.25) is 0 Å². The van der Waals surface area contributed by atoms with E-state index in [1.807, 2.05) is 0 Å². The summed E-state index contributed by atoms with van der Waals surface area (Å²) in [5.41, 5.74) is 0. The lowest BCUT2D eigenvalue weighted by molar-refractivity contribution is 0.504. The first-order valence-corrected chi connectivity index (χ1v) is 4.91. The molecule has 1 fully saturated rings. The Labute approximate surface area is 72.7 Å². The van der Waals surface area contributed by atoms with E-state index in [1.54, 1.807) is 0 Å². The highest BCUT2D eigenvalue weighted by molar-refractivity contribution is 4.51. The molecule has 11 heavy (non-hydrogen) atoms. The van der Waals surface area contributed by atoms with Crippen LogP contribution >= 0.6 is 0 Å². The molecular weight excluding hydrogens is 132 g/mol. The van der Waals surface area contributed by atoms with E-state index in [2.05, 4.69) is 27.0 Å². The molecule has 1 aliphatic rings. The Bertz CT molecular complexity index is 32.5. The third kappa shape index (κ3) is 17.7. The van der Waals surface area contributed by atoms with Crippen molar-refractivity contribution in [3.05, 3.63) is 13.2 Å². The molecule has 0 amide bonds. The second kappa shape index (κ2) is 16.4. The number of rotatable bonds is 0. The molecule has 0 aromatic heterocycles. The normalized spacial score (nSPS) is 15.1. The Morgan fingerprint density at radius 1 is 0.727 bits per heavy atom. The molecule has 68 valence electrons. The zero-order valence-corrected chi connectivity index (χ0v) is 8.36. The molecule has 0 aromatic rings.